The molecule has 0 fully saturated rings. The molecule has 8 heteroatoms. The maximum atomic E-state index is 4.61. The highest BCUT2D eigenvalue weighted by atomic mass is 15.5. The number of aromatic nitrogens is 6. The molecule has 6 aromatic rings. The molecule has 50 heavy (non-hydrogen) atoms. The van der Waals surface area contributed by atoms with Gasteiger partial charge in [-0.05, 0) is 71.2 Å². The smallest absolute Gasteiger partial charge is 0.123 e. The lowest BCUT2D eigenvalue weighted by Crippen LogP contribution is -2.31. The Morgan fingerprint density at radius 3 is 1.70 bits per heavy atom. The van der Waals surface area contributed by atoms with Crippen LogP contribution in [0.3, 0.4) is 0 Å². The third-order valence-corrected chi connectivity index (χ3v) is 10.1. The van der Waals surface area contributed by atoms with E-state index in [0.717, 1.165) is 54.4 Å². The molecule has 1 unspecified atom stereocenters. The summed E-state index contributed by atoms with van der Waals surface area (Å²) in [6.45, 7) is 18.1. The Labute approximate surface area is 296 Å². The van der Waals surface area contributed by atoms with Gasteiger partial charge in [0.2, 0.25) is 0 Å². The summed E-state index contributed by atoms with van der Waals surface area (Å²) in [6.07, 6.45) is 1.02. The predicted octanol–water partition coefficient (Wildman–Crippen LogP) is 9.84. The Hall–Kier alpha value is -5.24. The fourth-order valence-corrected chi connectivity index (χ4v) is 7.25. The quantitative estimate of drug-likeness (QED) is 0.183. The van der Waals surface area contributed by atoms with Gasteiger partial charge in [0.1, 0.15) is 11.4 Å². The van der Waals surface area contributed by atoms with Crippen LogP contribution in [0.4, 0.5) is 11.4 Å². The van der Waals surface area contributed by atoms with Crippen LogP contribution in [-0.2, 0) is 13.1 Å². The highest BCUT2D eigenvalue weighted by molar-refractivity contribution is 5.89. The van der Waals surface area contributed by atoms with Gasteiger partial charge >= 0.3 is 0 Å². The largest absolute Gasteiger partial charge is 0.367 e. The first-order valence-electron chi connectivity index (χ1n) is 18.1. The highest BCUT2D eigenvalue weighted by Crippen LogP contribution is 2.43. The molecule has 0 bridgehead atoms. The van der Waals surface area contributed by atoms with E-state index in [-0.39, 0.29) is 6.04 Å². The van der Waals surface area contributed by atoms with E-state index in [1.54, 1.807) is 0 Å². The van der Waals surface area contributed by atoms with Crippen molar-refractivity contribution in [2.45, 2.75) is 86.1 Å². The summed E-state index contributed by atoms with van der Waals surface area (Å²) in [5.41, 5.74) is 14.1. The molecule has 2 aromatic heterocycles. The van der Waals surface area contributed by atoms with Crippen LogP contribution in [-0.4, -0.2) is 42.6 Å². The lowest BCUT2D eigenvalue weighted by Gasteiger charge is -2.33. The number of benzene rings is 4. The molecule has 2 aliphatic heterocycles. The van der Waals surface area contributed by atoms with Crippen LogP contribution in [0.2, 0.25) is 0 Å². The Morgan fingerprint density at radius 2 is 1.06 bits per heavy atom. The number of hydrogen-bond donors (Lipinski definition) is 0. The van der Waals surface area contributed by atoms with Crippen LogP contribution in [0.25, 0.3) is 45.0 Å². The Morgan fingerprint density at radius 1 is 0.540 bits per heavy atom. The summed E-state index contributed by atoms with van der Waals surface area (Å²) in [4.78, 5) is 4.89. The lowest BCUT2D eigenvalue weighted by molar-refractivity contribution is 0.469. The maximum Gasteiger partial charge on any atom is 0.123 e. The van der Waals surface area contributed by atoms with Gasteiger partial charge in [0.25, 0.3) is 0 Å². The average molecular weight is 665 g/mol. The topological polar surface area (TPSA) is 67.9 Å². The molecule has 256 valence electrons. The van der Waals surface area contributed by atoms with E-state index >= 15 is 0 Å². The van der Waals surface area contributed by atoms with Crippen LogP contribution in [0.1, 0.15) is 78.1 Å². The Bertz CT molecular complexity index is 2100. The second-order valence-corrected chi connectivity index (χ2v) is 13.9. The highest BCUT2D eigenvalue weighted by Gasteiger charge is 2.29. The molecule has 0 saturated carbocycles. The summed E-state index contributed by atoms with van der Waals surface area (Å²) in [5.74, 6) is 0. The number of anilines is 2. The number of para-hydroxylation sites is 2. The molecular formula is C42H48N8. The van der Waals surface area contributed by atoms with Crippen LogP contribution in [0.15, 0.2) is 97.1 Å². The maximum absolute atomic E-state index is 4.61. The zero-order valence-corrected chi connectivity index (χ0v) is 30.4. The SMILES string of the molecule is CC(C)N1Cc2ccccc2-c2c(nnn2C(C)C)-c2ccccc21.CCC(C)n1nnc2c1-c1ccccc1N(CC)Cc1ccccc1-2. The molecule has 0 amide bonds. The molecule has 4 aromatic carbocycles. The van der Waals surface area contributed by atoms with Crippen LogP contribution in [0.5, 0.6) is 0 Å². The molecule has 1 atom stereocenters. The molecule has 0 N–H and O–H groups in total. The minimum atomic E-state index is 0.261. The van der Waals surface area contributed by atoms with Gasteiger partial charge in [-0.25, -0.2) is 9.36 Å². The van der Waals surface area contributed by atoms with E-state index in [1.807, 2.05) is 0 Å². The first-order valence-corrected chi connectivity index (χ1v) is 18.1. The van der Waals surface area contributed by atoms with Gasteiger partial charge in [-0.3, -0.25) is 0 Å². The van der Waals surface area contributed by atoms with Crippen molar-refractivity contribution in [2.75, 3.05) is 16.3 Å². The normalized spacial score (nSPS) is 13.7. The second-order valence-electron chi connectivity index (χ2n) is 13.9. The fraction of sp³-hybridized carbons (Fsp3) is 0.333. The minimum absolute atomic E-state index is 0.261. The average Bonchev–Trinajstić information content (AvgIpc) is 3.77. The van der Waals surface area contributed by atoms with Crippen molar-refractivity contribution >= 4 is 11.4 Å². The van der Waals surface area contributed by atoms with Gasteiger partial charge in [0.15, 0.2) is 0 Å². The van der Waals surface area contributed by atoms with Crippen molar-refractivity contribution in [2.24, 2.45) is 0 Å². The van der Waals surface area contributed by atoms with Crippen molar-refractivity contribution in [1.29, 1.82) is 0 Å². The van der Waals surface area contributed by atoms with Crippen LogP contribution >= 0.6 is 0 Å². The molecular weight excluding hydrogens is 617 g/mol. The first kappa shape index (κ1) is 33.3. The lowest BCUT2D eigenvalue weighted by atomic mass is 9.95. The molecule has 8 rings (SSSR count). The van der Waals surface area contributed by atoms with Crippen LogP contribution in [0, 0.1) is 0 Å². The minimum Gasteiger partial charge on any atom is -0.367 e. The number of nitrogens with zero attached hydrogens (tertiary/aromatic N) is 8. The van der Waals surface area contributed by atoms with Crippen molar-refractivity contribution in [3.63, 3.8) is 0 Å². The van der Waals surface area contributed by atoms with E-state index in [0.29, 0.717) is 12.1 Å². The van der Waals surface area contributed by atoms with Gasteiger partial charge in [0, 0.05) is 65.3 Å². The first-order chi connectivity index (χ1) is 24.3. The zero-order valence-electron chi connectivity index (χ0n) is 30.4. The Balaban J connectivity index is 0.000000157. The predicted molar refractivity (Wildman–Crippen MR) is 205 cm³/mol. The van der Waals surface area contributed by atoms with Gasteiger partial charge in [-0.1, -0.05) is 102 Å². The number of hydrogen-bond acceptors (Lipinski definition) is 6. The third kappa shape index (κ3) is 5.86. The van der Waals surface area contributed by atoms with Crippen molar-refractivity contribution in [3.05, 3.63) is 108 Å². The number of fused-ring (bicyclic) bond motifs is 10. The standard InChI is InChI=1S/2C21H24N4/c1-14(2)24-13-16-9-5-6-10-17(16)21-20(22-23-25(21)15(3)4)18-11-7-8-12-19(18)24;1-4-15(3)25-21-18-12-8-9-13-19(18)24(5-2)14-16-10-6-7-11-17(16)20(21)22-23-25/h5-12,14-15H,13H2,1-4H3;6-13,15H,4-5,14H2,1-3H3. The summed E-state index contributed by atoms with van der Waals surface area (Å²) < 4.78 is 4.15. The molecule has 4 heterocycles. The molecule has 2 aliphatic rings. The summed E-state index contributed by atoms with van der Waals surface area (Å²) >= 11 is 0. The fourth-order valence-electron chi connectivity index (χ4n) is 7.25. The Kier molecular flexibility index (Phi) is 9.27. The summed E-state index contributed by atoms with van der Waals surface area (Å²) in [7, 11) is 0. The van der Waals surface area contributed by atoms with E-state index < -0.39 is 0 Å². The van der Waals surface area contributed by atoms with Crippen molar-refractivity contribution in [1.82, 2.24) is 30.0 Å². The van der Waals surface area contributed by atoms with E-state index in [2.05, 4.69) is 185 Å². The van der Waals surface area contributed by atoms with Gasteiger partial charge in [0.05, 0.1) is 17.4 Å². The second kappa shape index (κ2) is 13.9. The summed E-state index contributed by atoms with van der Waals surface area (Å²) in [6, 6.07) is 35.4. The molecule has 8 nitrogen and oxygen atoms in total. The van der Waals surface area contributed by atoms with E-state index in [1.165, 1.54) is 39.2 Å². The van der Waals surface area contributed by atoms with Gasteiger partial charge in [-0.2, -0.15) is 0 Å². The van der Waals surface area contributed by atoms with Gasteiger partial charge in [-0.15, -0.1) is 10.2 Å². The van der Waals surface area contributed by atoms with Crippen molar-refractivity contribution in [3.8, 4) is 45.0 Å². The molecule has 0 radical (unpaired) electrons. The van der Waals surface area contributed by atoms with E-state index in [9.17, 15) is 0 Å². The number of rotatable bonds is 5. The molecule has 0 aliphatic carbocycles. The van der Waals surface area contributed by atoms with Crippen LogP contribution < -0.4 is 9.80 Å². The summed E-state index contributed by atoms with van der Waals surface area (Å²) in [5, 5.41) is 18.3. The molecule has 0 saturated heterocycles. The van der Waals surface area contributed by atoms with E-state index in [4.69, 9.17) is 0 Å². The monoisotopic (exact) mass is 664 g/mol. The van der Waals surface area contributed by atoms with Crippen molar-refractivity contribution < 1.29 is 0 Å². The zero-order chi connectivity index (χ0) is 34.9. The molecule has 0 spiro atoms. The van der Waals surface area contributed by atoms with Gasteiger partial charge < -0.3 is 9.80 Å². The third-order valence-electron chi connectivity index (χ3n) is 10.1.